The largest absolute Gasteiger partial charge is 0.465 e. The first-order valence-corrected chi connectivity index (χ1v) is 7.76. The monoisotopic (exact) mass is 284 g/mol. The van der Waals surface area contributed by atoms with E-state index in [2.05, 4.69) is 6.92 Å². The number of ketones is 1. The van der Waals surface area contributed by atoms with Crippen LogP contribution in [0.1, 0.15) is 59.3 Å². The van der Waals surface area contributed by atoms with E-state index in [0.29, 0.717) is 31.8 Å². The zero-order valence-corrected chi connectivity index (χ0v) is 13.2. The van der Waals surface area contributed by atoms with Crippen LogP contribution in [0, 0.1) is 11.8 Å². The summed E-state index contributed by atoms with van der Waals surface area (Å²) >= 11 is 0. The Morgan fingerprint density at radius 3 is 2.55 bits per heavy atom. The van der Waals surface area contributed by atoms with Crippen molar-refractivity contribution in [2.24, 2.45) is 11.8 Å². The second kappa shape index (κ2) is 7.77. The number of rotatable bonds is 7. The van der Waals surface area contributed by atoms with Gasteiger partial charge in [0.15, 0.2) is 5.78 Å². The quantitative estimate of drug-likeness (QED) is 0.532. The SMILES string of the molecule is CCCC(C(=O)OCC)C(=O)C1(OC)CCCC(C)C1. The van der Waals surface area contributed by atoms with Crippen molar-refractivity contribution in [1.82, 2.24) is 0 Å². The average molecular weight is 284 g/mol. The van der Waals surface area contributed by atoms with Crippen molar-refractivity contribution in [3.05, 3.63) is 0 Å². The summed E-state index contributed by atoms with van der Waals surface area (Å²) in [6.07, 6.45) is 4.84. The second-order valence-corrected chi connectivity index (χ2v) is 5.86. The van der Waals surface area contributed by atoms with Crippen LogP contribution in [0.5, 0.6) is 0 Å². The first kappa shape index (κ1) is 17.2. The molecule has 0 aromatic rings. The molecule has 1 fully saturated rings. The Bertz CT molecular complexity index is 339. The first-order chi connectivity index (χ1) is 9.50. The highest BCUT2D eigenvalue weighted by Gasteiger charge is 2.46. The van der Waals surface area contributed by atoms with Gasteiger partial charge in [0.1, 0.15) is 11.5 Å². The van der Waals surface area contributed by atoms with Crippen LogP contribution in [0.15, 0.2) is 0 Å². The van der Waals surface area contributed by atoms with Gasteiger partial charge in [0.2, 0.25) is 0 Å². The molecule has 1 aliphatic carbocycles. The molecule has 0 N–H and O–H groups in total. The molecule has 3 atom stereocenters. The molecule has 0 radical (unpaired) electrons. The van der Waals surface area contributed by atoms with E-state index in [-0.39, 0.29) is 5.78 Å². The number of Topliss-reactive ketones (excluding diaryl/α,β-unsaturated/α-hetero) is 1. The highest BCUT2D eigenvalue weighted by Crippen LogP contribution is 2.38. The van der Waals surface area contributed by atoms with Gasteiger partial charge >= 0.3 is 5.97 Å². The maximum Gasteiger partial charge on any atom is 0.316 e. The summed E-state index contributed by atoms with van der Waals surface area (Å²) in [5.41, 5.74) is -0.787. The molecule has 0 amide bonds. The lowest BCUT2D eigenvalue weighted by atomic mass is 9.72. The van der Waals surface area contributed by atoms with E-state index in [0.717, 1.165) is 19.3 Å². The molecule has 0 aromatic carbocycles. The summed E-state index contributed by atoms with van der Waals surface area (Å²) in [4.78, 5) is 24.9. The maximum absolute atomic E-state index is 12.9. The molecule has 3 unspecified atom stereocenters. The number of carbonyl (C=O) groups excluding carboxylic acids is 2. The highest BCUT2D eigenvalue weighted by atomic mass is 16.5. The Labute approximate surface area is 122 Å². The molecular formula is C16H28O4. The molecule has 0 bridgehead atoms. The normalized spacial score (nSPS) is 27.9. The lowest BCUT2D eigenvalue weighted by molar-refractivity contribution is -0.163. The molecule has 4 nitrogen and oxygen atoms in total. The average Bonchev–Trinajstić information content (AvgIpc) is 2.44. The van der Waals surface area contributed by atoms with Crippen LogP contribution >= 0.6 is 0 Å². The smallest absolute Gasteiger partial charge is 0.316 e. The molecule has 0 aliphatic heterocycles. The highest BCUT2D eigenvalue weighted by molar-refractivity contribution is 6.03. The van der Waals surface area contributed by atoms with Crippen molar-refractivity contribution in [3.63, 3.8) is 0 Å². The van der Waals surface area contributed by atoms with Crippen molar-refractivity contribution < 1.29 is 19.1 Å². The van der Waals surface area contributed by atoms with Gasteiger partial charge < -0.3 is 9.47 Å². The van der Waals surface area contributed by atoms with Crippen LogP contribution in [0.3, 0.4) is 0 Å². The fraction of sp³-hybridized carbons (Fsp3) is 0.875. The fourth-order valence-corrected chi connectivity index (χ4v) is 3.22. The van der Waals surface area contributed by atoms with Gasteiger partial charge in [-0.2, -0.15) is 0 Å². The van der Waals surface area contributed by atoms with Crippen LogP contribution in [0.2, 0.25) is 0 Å². The van der Waals surface area contributed by atoms with Crippen molar-refractivity contribution >= 4 is 11.8 Å². The van der Waals surface area contributed by atoms with Gasteiger partial charge in [0, 0.05) is 7.11 Å². The van der Waals surface area contributed by atoms with E-state index in [1.807, 2.05) is 6.92 Å². The van der Waals surface area contributed by atoms with Gasteiger partial charge in [-0.05, 0) is 38.5 Å². The standard InChI is InChI=1S/C16H28O4/c1-5-8-13(15(18)20-6-2)14(17)16(19-4)10-7-9-12(3)11-16/h12-13H,5-11H2,1-4H3. The second-order valence-electron chi connectivity index (χ2n) is 5.86. The zero-order chi connectivity index (χ0) is 15.2. The number of hydrogen-bond donors (Lipinski definition) is 0. The van der Waals surface area contributed by atoms with E-state index in [9.17, 15) is 9.59 Å². The number of esters is 1. The molecule has 0 saturated heterocycles. The number of methoxy groups -OCH3 is 1. The first-order valence-electron chi connectivity index (χ1n) is 7.76. The summed E-state index contributed by atoms with van der Waals surface area (Å²) in [7, 11) is 1.59. The molecule has 0 aromatic heterocycles. The van der Waals surface area contributed by atoms with Gasteiger partial charge in [-0.15, -0.1) is 0 Å². The van der Waals surface area contributed by atoms with Crippen LogP contribution in [0.25, 0.3) is 0 Å². The third kappa shape index (κ3) is 3.81. The molecule has 1 aliphatic rings. The van der Waals surface area contributed by atoms with E-state index in [1.165, 1.54) is 0 Å². The van der Waals surface area contributed by atoms with Crippen molar-refractivity contribution in [1.29, 1.82) is 0 Å². The van der Waals surface area contributed by atoms with Crippen LogP contribution < -0.4 is 0 Å². The summed E-state index contributed by atoms with van der Waals surface area (Å²) in [5.74, 6) is -0.692. The van der Waals surface area contributed by atoms with Gasteiger partial charge in [-0.1, -0.05) is 26.7 Å². The predicted octanol–water partition coefficient (Wildman–Crippen LogP) is 3.13. The van der Waals surface area contributed by atoms with E-state index >= 15 is 0 Å². The Morgan fingerprint density at radius 1 is 1.35 bits per heavy atom. The number of hydrogen-bond acceptors (Lipinski definition) is 4. The van der Waals surface area contributed by atoms with Gasteiger partial charge in [0.25, 0.3) is 0 Å². The topological polar surface area (TPSA) is 52.6 Å². The predicted molar refractivity (Wildman–Crippen MR) is 77.4 cm³/mol. The van der Waals surface area contributed by atoms with Crippen molar-refractivity contribution in [2.75, 3.05) is 13.7 Å². The van der Waals surface area contributed by atoms with Crippen molar-refractivity contribution in [3.8, 4) is 0 Å². The zero-order valence-electron chi connectivity index (χ0n) is 13.2. The number of ether oxygens (including phenoxy) is 2. The van der Waals surface area contributed by atoms with E-state index in [1.54, 1.807) is 14.0 Å². The summed E-state index contributed by atoms with van der Waals surface area (Å²) in [6.45, 7) is 6.19. The molecule has 20 heavy (non-hydrogen) atoms. The van der Waals surface area contributed by atoms with Gasteiger partial charge in [0.05, 0.1) is 6.61 Å². The van der Waals surface area contributed by atoms with Crippen LogP contribution in [-0.2, 0) is 19.1 Å². The molecule has 0 spiro atoms. The Balaban J connectivity index is 2.92. The maximum atomic E-state index is 12.9. The Kier molecular flexibility index (Phi) is 6.66. The number of carbonyl (C=O) groups is 2. The third-order valence-corrected chi connectivity index (χ3v) is 4.26. The Morgan fingerprint density at radius 2 is 2.05 bits per heavy atom. The summed E-state index contributed by atoms with van der Waals surface area (Å²) in [5, 5.41) is 0. The lowest BCUT2D eigenvalue weighted by Crippen LogP contribution is -2.49. The molecule has 116 valence electrons. The minimum atomic E-state index is -0.787. The third-order valence-electron chi connectivity index (χ3n) is 4.26. The minimum Gasteiger partial charge on any atom is -0.465 e. The molecule has 1 rings (SSSR count). The fourth-order valence-electron chi connectivity index (χ4n) is 3.22. The van der Waals surface area contributed by atoms with E-state index in [4.69, 9.17) is 9.47 Å². The lowest BCUT2D eigenvalue weighted by Gasteiger charge is -2.39. The Hall–Kier alpha value is -0.900. The summed E-state index contributed by atoms with van der Waals surface area (Å²) in [6, 6.07) is 0. The molecule has 1 saturated carbocycles. The molecule has 4 heteroatoms. The molecular weight excluding hydrogens is 256 g/mol. The van der Waals surface area contributed by atoms with Gasteiger partial charge in [-0.3, -0.25) is 9.59 Å². The minimum absolute atomic E-state index is 0.0770. The summed E-state index contributed by atoms with van der Waals surface area (Å²) < 4.78 is 10.7. The van der Waals surface area contributed by atoms with Crippen molar-refractivity contribution in [2.45, 2.75) is 64.9 Å². The van der Waals surface area contributed by atoms with Crippen LogP contribution in [-0.4, -0.2) is 31.1 Å². The molecule has 0 heterocycles. The van der Waals surface area contributed by atoms with Crippen LogP contribution in [0.4, 0.5) is 0 Å². The van der Waals surface area contributed by atoms with E-state index < -0.39 is 17.5 Å². The van der Waals surface area contributed by atoms with Gasteiger partial charge in [-0.25, -0.2) is 0 Å².